The normalized spacial score (nSPS) is 10.1. The zero-order valence-corrected chi connectivity index (χ0v) is 8.21. The third kappa shape index (κ3) is 8.76. The van der Waals surface area contributed by atoms with E-state index in [4.69, 9.17) is 4.74 Å². The molecule has 0 aliphatic heterocycles. The van der Waals surface area contributed by atoms with E-state index in [0.717, 1.165) is 5.76 Å². The molecule has 0 aromatic heterocycles. The predicted octanol–water partition coefficient (Wildman–Crippen LogP) is 3.47. The highest BCUT2D eigenvalue weighted by Gasteiger charge is 1.81. The van der Waals surface area contributed by atoms with Crippen molar-refractivity contribution < 1.29 is 4.74 Å². The van der Waals surface area contributed by atoms with Crippen molar-refractivity contribution in [3.8, 4) is 0 Å². The summed E-state index contributed by atoms with van der Waals surface area (Å²) in [5.41, 5.74) is 0. The standard InChI is InChI=1S/C9H12O.C2H6/c1-4-6-8-9(10-3)7-5-2;1-2/h4-8H,1-2H2,3H3;1-2H3/b8-6-,9-7+;. The van der Waals surface area contributed by atoms with Crippen LogP contribution in [0.2, 0.25) is 0 Å². The van der Waals surface area contributed by atoms with Crippen molar-refractivity contribution in [1.82, 2.24) is 0 Å². The van der Waals surface area contributed by atoms with Crippen LogP contribution in [-0.4, -0.2) is 7.11 Å². The van der Waals surface area contributed by atoms with Crippen LogP contribution in [-0.2, 0) is 4.74 Å². The number of rotatable bonds is 4. The highest BCUT2D eigenvalue weighted by Crippen LogP contribution is 1.96. The van der Waals surface area contributed by atoms with Gasteiger partial charge in [0.05, 0.1) is 7.11 Å². The summed E-state index contributed by atoms with van der Waals surface area (Å²) in [7, 11) is 1.61. The Hall–Kier alpha value is -1.24. The molecule has 0 atom stereocenters. The molecule has 0 rings (SSSR count). The lowest BCUT2D eigenvalue weighted by Gasteiger charge is -1.95. The van der Waals surface area contributed by atoms with Gasteiger partial charge in [-0.1, -0.05) is 45.2 Å². The Morgan fingerprint density at radius 3 is 2.08 bits per heavy atom. The van der Waals surface area contributed by atoms with E-state index in [9.17, 15) is 0 Å². The largest absolute Gasteiger partial charge is 0.497 e. The second kappa shape index (κ2) is 12.4. The molecule has 0 saturated heterocycles. The summed E-state index contributed by atoms with van der Waals surface area (Å²) in [5.74, 6) is 0.773. The van der Waals surface area contributed by atoms with E-state index in [2.05, 4.69) is 13.2 Å². The van der Waals surface area contributed by atoms with Crippen LogP contribution in [0.5, 0.6) is 0 Å². The molecule has 0 radical (unpaired) electrons. The highest BCUT2D eigenvalue weighted by atomic mass is 16.5. The van der Waals surface area contributed by atoms with Gasteiger partial charge >= 0.3 is 0 Å². The number of hydrogen-bond acceptors (Lipinski definition) is 1. The van der Waals surface area contributed by atoms with Crippen LogP contribution in [0.4, 0.5) is 0 Å². The van der Waals surface area contributed by atoms with Gasteiger partial charge in [-0.15, -0.1) is 0 Å². The molecule has 0 unspecified atom stereocenters. The summed E-state index contributed by atoms with van der Waals surface area (Å²) < 4.78 is 4.95. The summed E-state index contributed by atoms with van der Waals surface area (Å²) in [6.07, 6.45) is 8.76. The first-order chi connectivity index (χ1) is 5.85. The SMILES string of the molecule is C=C/C=C\C(=C/C=C)OC.CC. The number of hydrogen-bond donors (Lipinski definition) is 0. The second-order valence-electron chi connectivity index (χ2n) is 1.60. The Morgan fingerprint density at radius 2 is 1.75 bits per heavy atom. The Morgan fingerprint density at radius 1 is 1.17 bits per heavy atom. The van der Waals surface area contributed by atoms with E-state index in [0.29, 0.717) is 0 Å². The Labute approximate surface area is 75.7 Å². The maximum absolute atomic E-state index is 4.95. The average Bonchev–Trinajstić information content (AvgIpc) is 2.15. The molecule has 0 saturated carbocycles. The number of methoxy groups -OCH3 is 1. The molecule has 0 aromatic rings. The van der Waals surface area contributed by atoms with Crippen molar-refractivity contribution in [2.45, 2.75) is 13.8 Å². The molecule has 1 nitrogen and oxygen atoms in total. The van der Waals surface area contributed by atoms with Gasteiger partial charge in [0.25, 0.3) is 0 Å². The fraction of sp³-hybridized carbons (Fsp3) is 0.273. The van der Waals surface area contributed by atoms with Crippen LogP contribution >= 0.6 is 0 Å². The molecule has 0 aromatic carbocycles. The first kappa shape index (κ1) is 13.4. The van der Waals surface area contributed by atoms with Crippen LogP contribution in [0.25, 0.3) is 0 Å². The van der Waals surface area contributed by atoms with Crippen LogP contribution in [0.1, 0.15) is 13.8 Å². The lowest BCUT2D eigenvalue weighted by molar-refractivity contribution is 0.307. The summed E-state index contributed by atoms with van der Waals surface area (Å²) in [6.45, 7) is 11.1. The van der Waals surface area contributed by atoms with E-state index in [1.165, 1.54) is 0 Å². The van der Waals surface area contributed by atoms with Crippen LogP contribution in [0.3, 0.4) is 0 Å². The predicted molar refractivity (Wildman–Crippen MR) is 56.0 cm³/mol. The Bertz CT molecular complexity index is 164. The van der Waals surface area contributed by atoms with Gasteiger partial charge in [-0.3, -0.25) is 0 Å². The molecule has 1 heteroatoms. The first-order valence-electron chi connectivity index (χ1n) is 4.01. The van der Waals surface area contributed by atoms with E-state index < -0.39 is 0 Å². The maximum atomic E-state index is 4.95. The molecule has 0 heterocycles. The van der Waals surface area contributed by atoms with Gasteiger partial charge < -0.3 is 4.74 Å². The molecule has 12 heavy (non-hydrogen) atoms. The van der Waals surface area contributed by atoms with Crippen molar-refractivity contribution in [2.75, 3.05) is 7.11 Å². The summed E-state index contributed by atoms with van der Waals surface area (Å²) in [6, 6.07) is 0. The molecule has 0 fully saturated rings. The summed E-state index contributed by atoms with van der Waals surface area (Å²) >= 11 is 0. The van der Waals surface area contributed by atoms with Crippen molar-refractivity contribution in [3.05, 3.63) is 49.3 Å². The zero-order valence-electron chi connectivity index (χ0n) is 8.21. The minimum absolute atomic E-state index is 0.773. The van der Waals surface area contributed by atoms with Gasteiger partial charge in [0, 0.05) is 0 Å². The van der Waals surface area contributed by atoms with Crippen LogP contribution < -0.4 is 0 Å². The quantitative estimate of drug-likeness (QED) is 0.459. The third-order valence-corrected chi connectivity index (χ3v) is 0.914. The fourth-order valence-corrected chi connectivity index (χ4v) is 0.471. The molecule has 0 aliphatic carbocycles. The lowest BCUT2D eigenvalue weighted by Crippen LogP contribution is -1.78. The third-order valence-electron chi connectivity index (χ3n) is 0.914. The van der Waals surface area contributed by atoms with Gasteiger partial charge in [0.15, 0.2) is 0 Å². The van der Waals surface area contributed by atoms with Gasteiger partial charge in [0.2, 0.25) is 0 Å². The van der Waals surface area contributed by atoms with Crippen molar-refractivity contribution in [1.29, 1.82) is 0 Å². The molecule has 68 valence electrons. The highest BCUT2D eigenvalue weighted by molar-refractivity contribution is 5.19. The van der Waals surface area contributed by atoms with E-state index in [1.807, 2.05) is 19.9 Å². The number of ether oxygens (including phenoxy) is 1. The molecular formula is C11H18O. The summed E-state index contributed by atoms with van der Waals surface area (Å²) in [4.78, 5) is 0. The molecule has 0 bridgehead atoms. The second-order valence-corrected chi connectivity index (χ2v) is 1.60. The monoisotopic (exact) mass is 166 g/mol. The minimum atomic E-state index is 0.773. The minimum Gasteiger partial charge on any atom is -0.497 e. The van der Waals surface area contributed by atoms with Gasteiger partial charge in [0.1, 0.15) is 5.76 Å². The smallest absolute Gasteiger partial charge is 0.118 e. The van der Waals surface area contributed by atoms with E-state index in [1.54, 1.807) is 31.4 Å². The van der Waals surface area contributed by atoms with E-state index >= 15 is 0 Å². The van der Waals surface area contributed by atoms with Gasteiger partial charge in [-0.25, -0.2) is 0 Å². The first-order valence-corrected chi connectivity index (χ1v) is 4.01. The average molecular weight is 166 g/mol. The van der Waals surface area contributed by atoms with Gasteiger partial charge in [-0.2, -0.15) is 0 Å². The van der Waals surface area contributed by atoms with E-state index in [-0.39, 0.29) is 0 Å². The maximum Gasteiger partial charge on any atom is 0.118 e. The van der Waals surface area contributed by atoms with Gasteiger partial charge in [-0.05, 0) is 12.2 Å². The number of allylic oxidation sites excluding steroid dienone is 5. The summed E-state index contributed by atoms with van der Waals surface area (Å²) in [5, 5.41) is 0. The van der Waals surface area contributed by atoms with Crippen molar-refractivity contribution in [3.63, 3.8) is 0 Å². The molecule has 0 spiro atoms. The molecule has 0 N–H and O–H groups in total. The molecular weight excluding hydrogens is 148 g/mol. The molecule has 0 aliphatic rings. The van der Waals surface area contributed by atoms with Crippen LogP contribution in [0, 0.1) is 0 Å². The van der Waals surface area contributed by atoms with Crippen molar-refractivity contribution in [2.24, 2.45) is 0 Å². The van der Waals surface area contributed by atoms with Crippen LogP contribution in [0.15, 0.2) is 49.3 Å². The molecule has 0 amide bonds. The Kier molecular flexibility index (Phi) is 13.8. The lowest BCUT2D eigenvalue weighted by atomic mass is 10.4. The fourth-order valence-electron chi connectivity index (χ4n) is 0.471. The Balaban J connectivity index is 0. The van der Waals surface area contributed by atoms with Crippen molar-refractivity contribution >= 4 is 0 Å². The zero-order chi connectivity index (χ0) is 9.82. The topological polar surface area (TPSA) is 9.23 Å².